The molecule has 5 nitrogen and oxygen atoms in total. The molecule has 1 aromatic heterocycles. The smallest absolute Gasteiger partial charge is 0.341 e. The number of anilines is 1. The molecular weight excluding hydrogens is 511 g/mol. The molecule has 0 spiro atoms. The summed E-state index contributed by atoms with van der Waals surface area (Å²) in [5, 5.41) is 4.25. The van der Waals surface area contributed by atoms with E-state index in [1.165, 1.54) is 24.0 Å². The van der Waals surface area contributed by atoms with Gasteiger partial charge in [0.2, 0.25) is 5.91 Å². The van der Waals surface area contributed by atoms with Crippen molar-refractivity contribution in [1.29, 1.82) is 0 Å². The maximum atomic E-state index is 12.6. The lowest BCUT2D eigenvalue weighted by Crippen LogP contribution is -2.29. The number of carbonyl (C=O) groups is 2. The molecule has 0 bridgehead atoms. The minimum absolute atomic E-state index is 0. The summed E-state index contributed by atoms with van der Waals surface area (Å²) in [7, 11) is 1.38. The van der Waals surface area contributed by atoms with E-state index >= 15 is 0 Å². The monoisotopic (exact) mass is 536 g/mol. The predicted octanol–water partition coefficient (Wildman–Crippen LogP) is 6.29. The maximum absolute atomic E-state index is 12.6. The largest absolute Gasteiger partial charge is 0.465 e. The first-order chi connectivity index (χ1) is 16.0. The van der Waals surface area contributed by atoms with Gasteiger partial charge in [-0.1, -0.05) is 41.9 Å². The van der Waals surface area contributed by atoms with Crippen molar-refractivity contribution < 1.29 is 14.3 Å². The molecule has 9 heteroatoms. The third-order valence-electron chi connectivity index (χ3n) is 5.44. The summed E-state index contributed by atoms with van der Waals surface area (Å²) in [4.78, 5) is 29.7. The van der Waals surface area contributed by atoms with Gasteiger partial charge in [0.25, 0.3) is 0 Å². The van der Waals surface area contributed by atoms with Crippen LogP contribution in [-0.2, 0) is 29.0 Å². The van der Waals surface area contributed by atoms with Gasteiger partial charge >= 0.3 is 5.97 Å². The number of hydrogen-bond donors (Lipinski definition) is 1. The number of halogens is 2. The molecule has 0 atom stereocenters. The summed E-state index contributed by atoms with van der Waals surface area (Å²) in [6.45, 7) is 2.46. The molecule has 0 aliphatic carbocycles. The van der Waals surface area contributed by atoms with E-state index in [1.54, 1.807) is 11.8 Å². The first kappa shape index (κ1) is 26.6. The molecule has 1 N–H and O–H groups in total. The summed E-state index contributed by atoms with van der Waals surface area (Å²) in [5.74, 6) is 0.132. The first-order valence-corrected chi connectivity index (χ1v) is 12.9. The van der Waals surface area contributed by atoms with Crippen molar-refractivity contribution in [2.24, 2.45) is 0 Å². The van der Waals surface area contributed by atoms with Gasteiger partial charge < -0.3 is 10.1 Å². The predicted molar refractivity (Wildman–Crippen MR) is 143 cm³/mol. The Hall–Kier alpha value is -2.03. The second kappa shape index (κ2) is 12.6. The lowest BCUT2D eigenvalue weighted by Gasteiger charge is -2.27. The van der Waals surface area contributed by atoms with Crippen LogP contribution in [0.1, 0.15) is 32.8 Å². The molecule has 180 valence electrons. The number of nitrogens with zero attached hydrogens (tertiary/aromatic N) is 1. The Morgan fingerprint density at radius 1 is 1.15 bits per heavy atom. The second-order valence-electron chi connectivity index (χ2n) is 7.75. The molecule has 0 saturated carbocycles. The van der Waals surface area contributed by atoms with Crippen molar-refractivity contribution in [2.45, 2.75) is 30.8 Å². The zero-order chi connectivity index (χ0) is 23.2. The Labute approximate surface area is 219 Å². The number of hydrogen-bond acceptors (Lipinski definition) is 6. The third kappa shape index (κ3) is 6.77. The van der Waals surface area contributed by atoms with Crippen LogP contribution in [0.4, 0.5) is 5.00 Å². The van der Waals surface area contributed by atoms with Crippen LogP contribution in [0.5, 0.6) is 0 Å². The lowest BCUT2D eigenvalue weighted by atomic mass is 10.0. The van der Waals surface area contributed by atoms with E-state index < -0.39 is 5.97 Å². The summed E-state index contributed by atoms with van der Waals surface area (Å²) < 4.78 is 5.04. The highest BCUT2D eigenvalue weighted by molar-refractivity contribution is 7.99. The van der Waals surface area contributed by atoms with E-state index in [0.717, 1.165) is 41.4 Å². The molecule has 4 rings (SSSR count). The van der Waals surface area contributed by atoms with Crippen LogP contribution in [0.25, 0.3) is 0 Å². The number of rotatable bonds is 8. The number of amides is 1. The zero-order valence-corrected chi connectivity index (χ0v) is 21.9. The zero-order valence-electron chi connectivity index (χ0n) is 18.7. The maximum Gasteiger partial charge on any atom is 0.341 e. The van der Waals surface area contributed by atoms with Crippen LogP contribution in [0.3, 0.4) is 0 Å². The minimum Gasteiger partial charge on any atom is -0.465 e. The first-order valence-electron chi connectivity index (χ1n) is 10.7. The standard InChI is InChI=1S/C25H25ClN2O3S2.ClH/c1-31-25(30)23-20-11-13-28(15-17-5-3-2-4-6-17)16-21(20)33-24(23)27-22(29)12-14-32-19-9-7-18(26)8-10-19;/h2-10H,11-16H2,1H3,(H,27,29);1H. The summed E-state index contributed by atoms with van der Waals surface area (Å²) in [6.07, 6.45) is 1.10. The van der Waals surface area contributed by atoms with Crippen molar-refractivity contribution in [3.8, 4) is 0 Å². The van der Waals surface area contributed by atoms with Gasteiger partial charge in [0, 0.05) is 46.6 Å². The molecule has 0 saturated heterocycles. The van der Waals surface area contributed by atoms with Crippen LogP contribution in [0.2, 0.25) is 5.02 Å². The van der Waals surface area contributed by atoms with Gasteiger partial charge in [0.05, 0.1) is 12.7 Å². The number of benzene rings is 2. The Morgan fingerprint density at radius 2 is 1.88 bits per heavy atom. The fourth-order valence-corrected chi connectivity index (χ4v) is 6.09. The van der Waals surface area contributed by atoms with Crippen molar-refractivity contribution in [1.82, 2.24) is 4.90 Å². The number of thioether (sulfide) groups is 1. The molecule has 1 aliphatic heterocycles. The van der Waals surface area contributed by atoms with E-state index in [2.05, 4.69) is 22.3 Å². The average Bonchev–Trinajstić information content (AvgIpc) is 3.17. The highest BCUT2D eigenvalue weighted by atomic mass is 35.5. The average molecular weight is 538 g/mol. The third-order valence-corrected chi connectivity index (χ3v) is 7.84. The van der Waals surface area contributed by atoms with E-state index in [-0.39, 0.29) is 18.3 Å². The molecule has 3 aromatic rings. The number of nitrogens with one attached hydrogen (secondary N) is 1. The van der Waals surface area contributed by atoms with E-state index in [0.29, 0.717) is 27.8 Å². The fourth-order valence-electron chi connectivity index (χ4n) is 3.82. The number of fused-ring (bicyclic) bond motifs is 1. The SMILES string of the molecule is COC(=O)c1c(NC(=O)CCSc2ccc(Cl)cc2)sc2c1CCN(Cc1ccccc1)C2.Cl. The molecular formula is C25H26Cl2N2O3S2. The Bertz CT molecular complexity index is 1120. The normalized spacial score (nSPS) is 13.0. The minimum atomic E-state index is -0.394. The highest BCUT2D eigenvalue weighted by Gasteiger charge is 2.29. The van der Waals surface area contributed by atoms with Crippen LogP contribution >= 0.6 is 47.1 Å². The lowest BCUT2D eigenvalue weighted by molar-refractivity contribution is -0.115. The molecule has 1 amide bonds. The van der Waals surface area contributed by atoms with Gasteiger partial charge in [-0.25, -0.2) is 4.79 Å². The Kier molecular flexibility index (Phi) is 9.85. The number of ether oxygens (including phenoxy) is 1. The van der Waals surface area contributed by atoms with Crippen molar-refractivity contribution in [3.63, 3.8) is 0 Å². The van der Waals surface area contributed by atoms with Crippen LogP contribution < -0.4 is 5.32 Å². The molecule has 0 fully saturated rings. The summed E-state index contributed by atoms with van der Waals surface area (Å²) >= 11 is 9.00. The van der Waals surface area contributed by atoms with Gasteiger partial charge in [0.1, 0.15) is 5.00 Å². The van der Waals surface area contributed by atoms with Crippen molar-refractivity contribution in [3.05, 3.63) is 81.2 Å². The fraction of sp³-hybridized carbons (Fsp3) is 0.280. The molecule has 0 unspecified atom stereocenters. The van der Waals surface area contributed by atoms with Crippen LogP contribution in [0.15, 0.2) is 59.5 Å². The van der Waals surface area contributed by atoms with Gasteiger partial charge in [-0.05, 0) is 41.8 Å². The van der Waals surface area contributed by atoms with Crippen molar-refractivity contribution >= 4 is 64.0 Å². The van der Waals surface area contributed by atoms with E-state index in [9.17, 15) is 9.59 Å². The Balaban J connectivity index is 0.00000324. The van der Waals surface area contributed by atoms with Gasteiger partial charge in [-0.2, -0.15) is 0 Å². The van der Waals surface area contributed by atoms with Crippen LogP contribution in [-0.4, -0.2) is 36.2 Å². The molecule has 34 heavy (non-hydrogen) atoms. The van der Waals surface area contributed by atoms with Crippen molar-refractivity contribution in [2.75, 3.05) is 24.7 Å². The Morgan fingerprint density at radius 3 is 2.59 bits per heavy atom. The highest BCUT2D eigenvalue weighted by Crippen LogP contribution is 2.38. The van der Waals surface area contributed by atoms with E-state index in [1.807, 2.05) is 42.5 Å². The second-order valence-corrected chi connectivity index (χ2v) is 10.5. The van der Waals surface area contributed by atoms with Gasteiger partial charge in [-0.3, -0.25) is 9.69 Å². The van der Waals surface area contributed by atoms with E-state index in [4.69, 9.17) is 16.3 Å². The summed E-state index contributed by atoms with van der Waals surface area (Å²) in [5.41, 5.74) is 2.77. The molecule has 2 heterocycles. The molecule has 2 aromatic carbocycles. The van der Waals surface area contributed by atoms with Crippen LogP contribution in [0, 0.1) is 0 Å². The number of thiophene rings is 1. The summed E-state index contributed by atoms with van der Waals surface area (Å²) in [6, 6.07) is 17.9. The quantitative estimate of drug-likeness (QED) is 0.270. The number of methoxy groups -OCH3 is 1. The molecule has 1 aliphatic rings. The number of carbonyl (C=O) groups excluding carboxylic acids is 2. The number of esters is 1. The van der Waals surface area contributed by atoms with Gasteiger partial charge in [-0.15, -0.1) is 35.5 Å². The topological polar surface area (TPSA) is 58.6 Å². The molecule has 0 radical (unpaired) electrons. The van der Waals surface area contributed by atoms with Gasteiger partial charge in [0.15, 0.2) is 0 Å².